The summed E-state index contributed by atoms with van der Waals surface area (Å²) in [5.41, 5.74) is 0.837. The Morgan fingerprint density at radius 2 is 1.62 bits per heavy atom. The summed E-state index contributed by atoms with van der Waals surface area (Å²) >= 11 is 1.19. The molecule has 0 spiro atoms. The predicted octanol–water partition coefficient (Wildman–Crippen LogP) is 2.31. The van der Waals surface area contributed by atoms with Gasteiger partial charge in [-0.2, -0.15) is 0 Å². The summed E-state index contributed by atoms with van der Waals surface area (Å²) in [6.45, 7) is 0.320. The Labute approximate surface area is 207 Å². The number of hydrogen-bond donors (Lipinski definition) is 0. The van der Waals surface area contributed by atoms with E-state index in [1.165, 1.54) is 22.3 Å². The molecule has 9 nitrogen and oxygen atoms in total. The van der Waals surface area contributed by atoms with Gasteiger partial charge in [-0.05, 0) is 38.4 Å². The van der Waals surface area contributed by atoms with E-state index in [4.69, 9.17) is 0 Å². The van der Waals surface area contributed by atoms with Crippen LogP contribution in [0, 0.1) is 0 Å². The molecule has 0 fully saturated rings. The Kier molecular flexibility index (Phi) is 7.41. The van der Waals surface area contributed by atoms with Gasteiger partial charge in [-0.3, -0.25) is 24.2 Å². The number of carbonyl (C=O) groups is 3. The number of thiazole rings is 1. The van der Waals surface area contributed by atoms with Crippen molar-refractivity contribution in [2.75, 3.05) is 44.9 Å². The number of para-hydroxylation sites is 1. The van der Waals surface area contributed by atoms with Crippen molar-refractivity contribution >= 4 is 66.7 Å². The normalized spacial score (nSPS) is 13.4. The van der Waals surface area contributed by atoms with Crippen LogP contribution >= 0.6 is 23.7 Å². The molecule has 0 atom stereocenters. The molecular formula is C22H23ClN4O5S2. The van der Waals surface area contributed by atoms with E-state index in [2.05, 4.69) is 4.98 Å². The second-order valence-corrected chi connectivity index (χ2v) is 11.0. The lowest BCUT2D eigenvalue weighted by Gasteiger charge is -2.24. The van der Waals surface area contributed by atoms with Crippen molar-refractivity contribution in [3.63, 3.8) is 0 Å². The highest BCUT2D eigenvalue weighted by molar-refractivity contribution is 7.91. The SMILES string of the molecule is CN(C)CCN(C(=O)CN1C(=O)c2ccccc2C1=O)c1nc2c(S(C)(=O)=O)cccc2s1.Cl. The average Bonchev–Trinajstić information content (AvgIpc) is 3.28. The molecule has 2 heterocycles. The van der Waals surface area contributed by atoms with Gasteiger partial charge in [-0.15, -0.1) is 12.4 Å². The summed E-state index contributed by atoms with van der Waals surface area (Å²) in [5, 5.41) is 0.310. The number of nitrogens with zero attached hydrogens (tertiary/aromatic N) is 4. The second kappa shape index (κ2) is 9.79. The van der Waals surface area contributed by atoms with Crippen molar-refractivity contribution < 1.29 is 22.8 Å². The molecule has 0 radical (unpaired) electrons. The minimum atomic E-state index is -3.52. The summed E-state index contributed by atoms with van der Waals surface area (Å²) in [6.07, 6.45) is 1.11. The molecule has 3 amide bonds. The lowest BCUT2D eigenvalue weighted by Crippen LogP contribution is -2.45. The maximum atomic E-state index is 13.3. The molecule has 34 heavy (non-hydrogen) atoms. The number of anilines is 1. The second-order valence-electron chi connectivity index (χ2n) is 7.96. The third-order valence-electron chi connectivity index (χ3n) is 5.24. The van der Waals surface area contributed by atoms with Gasteiger partial charge in [-0.1, -0.05) is 29.5 Å². The van der Waals surface area contributed by atoms with Gasteiger partial charge in [-0.25, -0.2) is 13.4 Å². The maximum absolute atomic E-state index is 13.3. The Hall–Kier alpha value is -2.86. The molecular weight excluding hydrogens is 500 g/mol. The number of fused-ring (bicyclic) bond motifs is 2. The number of rotatable bonds is 7. The minimum absolute atomic E-state index is 0. The summed E-state index contributed by atoms with van der Waals surface area (Å²) < 4.78 is 25.0. The van der Waals surface area contributed by atoms with E-state index < -0.39 is 34.1 Å². The van der Waals surface area contributed by atoms with Crippen LogP contribution in [0.4, 0.5) is 5.13 Å². The summed E-state index contributed by atoms with van der Waals surface area (Å²) in [6, 6.07) is 11.3. The first kappa shape index (κ1) is 25.8. The molecule has 0 N–H and O–H groups in total. The lowest BCUT2D eigenvalue weighted by molar-refractivity contribution is -0.119. The smallest absolute Gasteiger partial charge is 0.262 e. The number of aromatic nitrogens is 1. The van der Waals surface area contributed by atoms with Crippen LogP contribution in [-0.2, 0) is 14.6 Å². The van der Waals surface area contributed by atoms with E-state index in [0.717, 1.165) is 11.2 Å². The number of halogens is 1. The van der Waals surface area contributed by atoms with Crippen LogP contribution in [0.3, 0.4) is 0 Å². The summed E-state index contributed by atoms with van der Waals surface area (Å²) in [4.78, 5) is 47.5. The molecule has 3 aromatic rings. The predicted molar refractivity (Wildman–Crippen MR) is 133 cm³/mol. The van der Waals surface area contributed by atoms with Crippen LogP contribution in [0.15, 0.2) is 47.4 Å². The Morgan fingerprint density at radius 3 is 2.18 bits per heavy atom. The van der Waals surface area contributed by atoms with Crippen molar-refractivity contribution in [3.8, 4) is 0 Å². The summed E-state index contributed by atoms with van der Waals surface area (Å²) in [7, 11) is 0.192. The standard InChI is InChI=1S/C22H22N4O5S2.ClH/c1-24(2)11-12-25(22-23-19-16(32-22)9-6-10-17(19)33(3,30)31)18(27)13-26-20(28)14-7-4-5-8-15(14)21(26)29;/h4-10H,11-13H2,1-3H3;1H. The van der Waals surface area contributed by atoms with Crippen molar-refractivity contribution in [1.29, 1.82) is 0 Å². The van der Waals surface area contributed by atoms with Crippen LogP contribution in [0.5, 0.6) is 0 Å². The highest BCUT2D eigenvalue weighted by Crippen LogP contribution is 2.33. The number of sulfone groups is 1. The zero-order valence-electron chi connectivity index (χ0n) is 18.7. The Balaban J connectivity index is 0.00000324. The van der Waals surface area contributed by atoms with Crippen LogP contribution in [0.2, 0.25) is 0 Å². The third kappa shape index (κ3) is 4.83. The van der Waals surface area contributed by atoms with Gasteiger partial charge in [0.15, 0.2) is 15.0 Å². The fourth-order valence-corrected chi connectivity index (χ4v) is 5.49. The molecule has 0 unspecified atom stereocenters. The summed E-state index contributed by atoms with van der Waals surface area (Å²) in [5.74, 6) is -1.51. The topological polar surface area (TPSA) is 108 Å². The first-order valence-corrected chi connectivity index (χ1v) is 12.8. The number of benzene rings is 2. The molecule has 0 saturated heterocycles. The van der Waals surface area contributed by atoms with E-state index >= 15 is 0 Å². The van der Waals surface area contributed by atoms with Crippen LogP contribution in [0.25, 0.3) is 10.2 Å². The number of carbonyl (C=O) groups excluding carboxylic acids is 3. The molecule has 0 aliphatic carbocycles. The zero-order valence-corrected chi connectivity index (χ0v) is 21.2. The number of imide groups is 1. The minimum Gasteiger partial charge on any atom is -0.308 e. The van der Waals surface area contributed by atoms with Gasteiger partial charge in [0.25, 0.3) is 11.8 Å². The van der Waals surface area contributed by atoms with E-state index in [1.54, 1.807) is 36.4 Å². The Morgan fingerprint density at radius 1 is 1.00 bits per heavy atom. The highest BCUT2D eigenvalue weighted by atomic mass is 35.5. The van der Waals surface area contributed by atoms with E-state index in [9.17, 15) is 22.8 Å². The molecule has 4 rings (SSSR count). The Bertz CT molecular complexity index is 1350. The van der Waals surface area contributed by atoms with Crippen molar-refractivity contribution in [1.82, 2.24) is 14.8 Å². The molecule has 0 saturated carbocycles. The van der Waals surface area contributed by atoms with Gasteiger partial charge in [0.2, 0.25) is 5.91 Å². The van der Waals surface area contributed by atoms with Gasteiger partial charge < -0.3 is 4.90 Å². The zero-order chi connectivity index (χ0) is 23.9. The van der Waals surface area contributed by atoms with Crippen LogP contribution in [0.1, 0.15) is 20.7 Å². The lowest BCUT2D eigenvalue weighted by atomic mass is 10.1. The molecule has 180 valence electrons. The van der Waals surface area contributed by atoms with Gasteiger partial charge >= 0.3 is 0 Å². The van der Waals surface area contributed by atoms with E-state index in [1.807, 2.05) is 19.0 Å². The number of hydrogen-bond acceptors (Lipinski definition) is 8. The fraction of sp³-hybridized carbons (Fsp3) is 0.273. The van der Waals surface area contributed by atoms with Gasteiger partial charge in [0.1, 0.15) is 12.1 Å². The molecule has 2 aromatic carbocycles. The molecule has 1 aromatic heterocycles. The van der Waals surface area contributed by atoms with E-state index in [-0.39, 0.29) is 35.0 Å². The van der Waals surface area contributed by atoms with Crippen LogP contribution < -0.4 is 4.90 Å². The van der Waals surface area contributed by atoms with Crippen LogP contribution in [-0.4, -0.2) is 80.9 Å². The first-order chi connectivity index (χ1) is 15.6. The number of likely N-dealkylation sites (N-methyl/N-ethyl adjacent to an activating group) is 1. The average molecular weight is 523 g/mol. The van der Waals surface area contributed by atoms with Gasteiger partial charge in [0, 0.05) is 19.3 Å². The van der Waals surface area contributed by atoms with E-state index in [0.29, 0.717) is 21.9 Å². The maximum Gasteiger partial charge on any atom is 0.262 e. The van der Waals surface area contributed by atoms with Gasteiger partial charge in [0.05, 0.1) is 20.7 Å². The number of amides is 3. The molecule has 1 aliphatic heterocycles. The largest absolute Gasteiger partial charge is 0.308 e. The molecule has 12 heteroatoms. The van der Waals surface area contributed by atoms with Crippen molar-refractivity contribution in [3.05, 3.63) is 53.6 Å². The monoisotopic (exact) mass is 522 g/mol. The molecule has 1 aliphatic rings. The third-order valence-corrected chi connectivity index (χ3v) is 7.42. The first-order valence-electron chi connectivity index (χ1n) is 10.1. The highest BCUT2D eigenvalue weighted by Gasteiger charge is 2.37. The van der Waals surface area contributed by atoms with Crippen molar-refractivity contribution in [2.24, 2.45) is 0 Å². The quantitative estimate of drug-likeness (QED) is 0.438. The van der Waals surface area contributed by atoms with Crippen molar-refractivity contribution in [2.45, 2.75) is 4.90 Å². The fourth-order valence-electron chi connectivity index (χ4n) is 3.56. The molecule has 0 bridgehead atoms.